The van der Waals surface area contributed by atoms with Gasteiger partial charge < -0.3 is 15.5 Å². The zero-order valence-electron chi connectivity index (χ0n) is 12.8. The molecule has 2 atom stereocenters. The molecule has 3 nitrogen and oxygen atoms in total. The van der Waals surface area contributed by atoms with Gasteiger partial charge in [-0.1, -0.05) is 24.6 Å². The van der Waals surface area contributed by atoms with E-state index in [1.165, 1.54) is 6.42 Å². The van der Waals surface area contributed by atoms with E-state index >= 15 is 0 Å². The van der Waals surface area contributed by atoms with Gasteiger partial charge in [-0.2, -0.15) is 0 Å². The minimum Gasteiger partial charge on any atom is -0.366 e. The van der Waals surface area contributed by atoms with Crippen molar-refractivity contribution >= 4 is 17.3 Å². The van der Waals surface area contributed by atoms with Crippen molar-refractivity contribution in [2.24, 2.45) is 5.73 Å². The molecule has 4 heteroatoms. The van der Waals surface area contributed by atoms with E-state index in [2.05, 4.69) is 35.9 Å². The van der Waals surface area contributed by atoms with Crippen LogP contribution in [0, 0.1) is 0 Å². The second-order valence-corrected chi connectivity index (χ2v) is 6.28. The van der Waals surface area contributed by atoms with Gasteiger partial charge in [0, 0.05) is 25.2 Å². The minimum absolute atomic E-state index is 0.0267. The Balaban J connectivity index is 2.28. The van der Waals surface area contributed by atoms with Crippen molar-refractivity contribution in [1.29, 1.82) is 0 Å². The number of hydrogen-bond acceptors (Lipinski definition) is 3. The molecular weight excluding hydrogens is 270 g/mol. The van der Waals surface area contributed by atoms with E-state index in [-0.39, 0.29) is 6.04 Å². The first-order valence-corrected chi connectivity index (χ1v) is 7.91. The summed E-state index contributed by atoms with van der Waals surface area (Å²) >= 11 is 6.51. The molecule has 112 valence electrons. The first kappa shape index (κ1) is 15.6. The van der Waals surface area contributed by atoms with Crippen LogP contribution in [-0.2, 0) is 0 Å². The molecule has 0 aromatic heterocycles. The molecule has 2 rings (SSSR count). The van der Waals surface area contributed by atoms with Gasteiger partial charge in [0.05, 0.1) is 10.7 Å². The third kappa shape index (κ3) is 3.46. The highest BCUT2D eigenvalue weighted by Gasteiger charge is 2.23. The molecule has 0 amide bonds. The van der Waals surface area contributed by atoms with Crippen LogP contribution in [0.4, 0.5) is 5.69 Å². The van der Waals surface area contributed by atoms with Crippen LogP contribution in [0.1, 0.15) is 38.3 Å². The molecule has 1 aliphatic rings. The summed E-state index contributed by atoms with van der Waals surface area (Å²) < 4.78 is 0. The summed E-state index contributed by atoms with van der Waals surface area (Å²) in [5, 5.41) is 0.822. The number of benzene rings is 1. The summed E-state index contributed by atoms with van der Waals surface area (Å²) in [6.45, 7) is 7.56. The Kier molecular flexibility index (Phi) is 5.30. The molecule has 2 N–H and O–H groups in total. The Hall–Kier alpha value is -0.770. The molecule has 1 aromatic rings. The molecule has 1 fully saturated rings. The summed E-state index contributed by atoms with van der Waals surface area (Å²) in [5.74, 6) is 0. The number of likely N-dealkylation sites (N-methyl/N-ethyl adjacent to an activating group) is 1. The molecule has 0 spiro atoms. The van der Waals surface area contributed by atoms with Gasteiger partial charge in [0.2, 0.25) is 0 Å². The van der Waals surface area contributed by atoms with Crippen LogP contribution >= 0.6 is 11.6 Å². The van der Waals surface area contributed by atoms with Gasteiger partial charge in [-0.15, -0.1) is 0 Å². The fraction of sp³-hybridized carbons (Fsp3) is 0.625. The standard InChI is InChI=1S/C16H26ClN3/c1-4-14-11-19(3)8-5-9-20(14)16-7-6-13(12(2)18)10-15(16)17/h6-7,10,12,14H,4-5,8-9,11,18H2,1-3H3/t12-,14?/m1/s1. The highest BCUT2D eigenvalue weighted by molar-refractivity contribution is 6.33. The highest BCUT2D eigenvalue weighted by Crippen LogP contribution is 2.31. The average Bonchev–Trinajstić information content (AvgIpc) is 2.60. The third-order valence-corrected chi connectivity index (χ3v) is 4.48. The first-order chi connectivity index (χ1) is 9.52. The van der Waals surface area contributed by atoms with Gasteiger partial charge in [-0.05, 0) is 51.1 Å². The fourth-order valence-corrected chi connectivity index (χ4v) is 3.25. The zero-order chi connectivity index (χ0) is 14.7. The van der Waals surface area contributed by atoms with E-state index in [4.69, 9.17) is 17.3 Å². The second kappa shape index (κ2) is 6.79. The molecule has 0 radical (unpaired) electrons. The maximum atomic E-state index is 6.51. The molecule has 1 heterocycles. The second-order valence-electron chi connectivity index (χ2n) is 5.87. The SMILES string of the molecule is CCC1CN(C)CCCN1c1ccc([C@@H](C)N)cc1Cl. The van der Waals surface area contributed by atoms with Crippen LogP contribution in [0.2, 0.25) is 5.02 Å². The Morgan fingerprint density at radius 3 is 2.75 bits per heavy atom. The van der Waals surface area contributed by atoms with Gasteiger partial charge in [-0.25, -0.2) is 0 Å². The third-order valence-electron chi connectivity index (χ3n) is 4.18. The van der Waals surface area contributed by atoms with Crippen molar-refractivity contribution in [3.05, 3.63) is 28.8 Å². The molecule has 1 saturated heterocycles. The topological polar surface area (TPSA) is 32.5 Å². The minimum atomic E-state index is 0.0267. The smallest absolute Gasteiger partial charge is 0.0643 e. The predicted molar refractivity (Wildman–Crippen MR) is 87.6 cm³/mol. The summed E-state index contributed by atoms with van der Waals surface area (Å²) in [7, 11) is 2.20. The molecular formula is C16H26ClN3. The van der Waals surface area contributed by atoms with E-state index in [0.717, 1.165) is 42.3 Å². The lowest BCUT2D eigenvalue weighted by Gasteiger charge is -2.33. The maximum absolute atomic E-state index is 6.51. The van der Waals surface area contributed by atoms with Crippen LogP contribution in [0.5, 0.6) is 0 Å². The first-order valence-electron chi connectivity index (χ1n) is 7.53. The Labute approximate surface area is 127 Å². The van der Waals surface area contributed by atoms with Gasteiger partial charge in [0.1, 0.15) is 0 Å². The van der Waals surface area contributed by atoms with Crippen LogP contribution in [-0.4, -0.2) is 37.6 Å². The lowest BCUT2D eigenvalue weighted by molar-refractivity contribution is 0.328. The van der Waals surface area contributed by atoms with Crippen molar-refractivity contribution in [2.75, 3.05) is 31.6 Å². The molecule has 0 saturated carbocycles. The number of nitrogens with zero attached hydrogens (tertiary/aromatic N) is 2. The van der Waals surface area contributed by atoms with Crippen molar-refractivity contribution < 1.29 is 0 Å². The number of nitrogens with two attached hydrogens (primary N) is 1. The molecule has 1 aromatic carbocycles. The van der Waals surface area contributed by atoms with E-state index in [1.807, 2.05) is 13.0 Å². The van der Waals surface area contributed by atoms with E-state index < -0.39 is 0 Å². The number of rotatable bonds is 3. The summed E-state index contributed by atoms with van der Waals surface area (Å²) in [6, 6.07) is 6.81. The van der Waals surface area contributed by atoms with Crippen LogP contribution in [0.25, 0.3) is 0 Å². The number of halogens is 1. The molecule has 1 unspecified atom stereocenters. The predicted octanol–water partition coefficient (Wildman–Crippen LogP) is 3.28. The fourth-order valence-electron chi connectivity index (χ4n) is 2.95. The zero-order valence-corrected chi connectivity index (χ0v) is 13.5. The van der Waals surface area contributed by atoms with Gasteiger partial charge in [0.15, 0.2) is 0 Å². The normalized spacial score (nSPS) is 22.6. The molecule has 1 aliphatic heterocycles. The largest absolute Gasteiger partial charge is 0.366 e. The highest BCUT2D eigenvalue weighted by atomic mass is 35.5. The lowest BCUT2D eigenvalue weighted by atomic mass is 10.1. The van der Waals surface area contributed by atoms with Crippen LogP contribution in [0.15, 0.2) is 18.2 Å². The number of anilines is 1. The Bertz CT molecular complexity index is 447. The van der Waals surface area contributed by atoms with Crippen molar-refractivity contribution in [3.8, 4) is 0 Å². The van der Waals surface area contributed by atoms with Crippen molar-refractivity contribution in [2.45, 2.75) is 38.8 Å². The van der Waals surface area contributed by atoms with Gasteiger partial charge >= 0.3 is 0 Å². The summed E-state index contributed by atoms with van der Waals surface area (Å²) in [6.07, 6.45) is 2.31. The van der Waals surface area contributed by atoms with Crippen molar-refractivity contribution in [3.63, 3.8) is 0 Å². The van der Waals surface area contributed by atoms with E-state index in [9.17, 15) is 0 Å². The van der Waals surface area contributed by atoms with Gasteiger partial charge in [-0.3, -0.25) is 0 Å². The molecule has 0 aliphatic carbocycles. The summed E-state index contributed by atoms with van der Waals surface area (Å²) in [5.41, 5.74) is 8.18. The van der Waals surface area contributed by atoms with Crippen LogP contribution in [0.3, 0.4) is 0 Å². The molecule has 0 bridgehead atoms. The molecule has 20 heavy (non-hydrogen) atoms. The quantitative estimate of drug-likeness (QED) is 0.929. The van der Waals surface area contributed by atoms with Crippen LogP contribution < -0.4 is 10.6 Å². The monoisotopic (exact) mass is 295 g/mol. The summed E-state index contributed by atoms with van der Waals surface area (Å²) in [4.78, 5) is 4.88. The van der Waals surface area contributed by atoms with Gasteiger partial charge in [0.25, 0.3) is 0 Å². The lowest BCUT2D eigenvalue weighted by Crippen LogP contribution is -2.40. The maximum Gasteiger partial charge on any atom is 0.0643 e. The number of hydrogen-bond donors (Lipinski definition) is 1. The average molecular weight is 296 g/mol. The Morgan fingerprint density at radius 2 is 2.15 bits per heavy atom. The Morgan fingerprint density at radius 1 is 1.40 bits per heavy atom. The van der Waals surface area contributed by atoms with E-state index in [1.54, 1.807) is 0 Å². The van der Waals surface area contributed by atoms with E-state index in [0.29, 0.717) is 6.04 Å². The van der Waals surface area contributed by atoms with Crippen molar-refractivity contribution in [1.82, 2.24) is 4.90 Å².